The van der Waals surface area contributed by atoms with Crippen LogP contribution in [0.25, 0.3) is 0 Å². The molecule has 0 bridgehead atoms. The summed E-state index contributed by atoms with van der Waals surface area (Å²) in [5.41, 5.74) is 0. The van der Waals surface area contributed by atoms with Crippen molar-refractivity contribution < 1.29 is 17.5 Å². The molecule has 6 heteroatoms. The molecule has 94 valence electrons. The highest BCUT2D eigenvalue weighted by Crippen LogP contribution is 1.94. The zero-order chi connectivity index (χ0) is 12.3. The van der Waals surface area contributed by atoms with E-state index in [1.54, 1.807) is 0 Å². The Labute approximate surface area is 93.1 Å². The van der Waals surface area contributed by atoms with Crippen LogP contribution in [0.15, 0.2) is 0 Å². The van der Waals surface area contributed by atoms with Gasteiger partial charge in [0.25, 0.3) is 0 Å². The molecule has 0 aliphatic heterocycles. The van der Waals surface area contributed by atoms with Gasteiger partial charge in [-0.1, -0.05) is 20.8 Å². The number of nitrogens with zero attached hydrogens (tertiary/aromatic N) is 1. The van der Waals surface area contributed by atoms with Gasteiger partial charge in [0.2, 0.25) is 0 Å². The zero-order valence-corrected chi connectivity index (χ0v) is 10.6. The molecule has 0 fully saturated rings. The van der Waals surface area contributed by atoms with E-state index in [-0.39, 0.29) is 0 Å². The minimum atomic E-state index is -4.67. The third-order valence-electron chi connectivity index (χ3n) is 1.62. The predicted molar refractivity (Wildman–Crippen MR) is 61.5 cm³/mol. The number of rotatable bonds is 6. The second kappa shape index (κ2) is 10.4. The Hall–Kier alpha value is -0.170. The molecule has 0 aromatic carbocycles. The molecule has 0 spiro atoms. The molecular formula is C9H23NO4S. The first kappa shape index (κ1) is 17.2. The largest absolute Gasteiger partial charge is 0.394 e. The average Bonchev–Trinajstić information content (AvgIpc) is 2.02. The summed E-state index contributed by atoms with van der Waals surface area (Å²) < 4.78 is 31.6. The van der Waals surface area contributed by atoms with Crippen molar-refractivity contribution in [1.29, 1.82) is 0 Å². The number of hydrogen-bond acceptors (Lipinski definition) is 3. The maximum absolute atomic E-state index is 8.74. The molecule has 2 N–H and O–H groups in total. The molecular weight excluding hydrogens is 218 g/mol. The van der Waals surface area contributed by atoms with Crippen molar-refractivity contribution in [3.8, 4) is 0 Å². The minimum Gasteiger partial charge on any atom is -0.303 e. The molecule has 0 aliphatic carbocycles. The second-order valence-electron chi connectivity index (χ2n) is 3.29. The SMILES string of the molecule is CCCN(CCC)CCC.O=S(=O)(O)O. The quantitative estimate of drug-likeness (QED) is 0.694. The van der Waals surface area contributed by atoms with Gasteiger partial charge in [0.05, 0.1) is 0 Å². The summed E-state index contributed by atoms with van der Waals surface area (Å²) in [5, 5.41) is 0. The molecule has 0 amide bonds. The van der Waals surface area contributed by atoms with Gasteiger partial charge in [0.15, 0.2) is 0 Å². The van der Waals surface area contributed by atoms with Gasteiger partial charge in [-0.3, -0.25) is 9.11 Å². The highest BCUT2D eigenvalue weighted by Gasteiger charge is 1.98. The van der Waals surface area contributed by atoms with Crippen molar-refractivity contribution in [2.24, 2.45) is 0 Å². The Balaban J connectivity index is 0. The molecule has 15 heavy (non-hydrogen) atoms. The first-order valence-electron chi connectivity index (χ1n) is 5.27. The molecule has 5 nitrogen and oxygen atoms in total. The highest BCUT2D eigenvalue weighted by atomic mass is 32.3. The smallest absolute Gasteiger partial charge is 0.303 e. The fraction of sp³-hybridized carbons (Fsp3) is 1.00. The van der Waals surface area contributed by atoms with E-state index in [1.165, 1.54) is 38.9 Å². The van der Waals surface area contributed by atoms with Crippen molar-refractivity contribution in [3.63, 3.8) is 0 Å². The monoisotopic (exact) mass is 241 g/mol. The van der Waals surface area contributed by atoms with Crippen molar-refractivity contribution in [3.05, 3.63) is 0 Å². The Morgan fingerprint density at radius 3 is 1.20 bits per heavy atom. The minimum absolute atomic E-state index is 1.28. The molecule has 0 saturated heterocycles. The van der Waals surface area contributed by atoms with Crippen LogP contribution < -0.4 is 0 Å². The Morgan fingerprint density at radius 2 is 1.07 bits per heavy atom. The van der Waals surface area contributed by atoms with Gasteiger partial charge >= 0.3 is 10.4 Å². The molecule has 0 rings (SSSR count). The van der Waals surface area contributed by atoms with Crippen LogP contribution in [-0.4, -0.2) is 42.1 Å². The van der Waals surface area contributed by atoms with Gasteiger partial charge in [-0.25, -0.2) is 0 Å². The number of hydrogen-bond donors (Lipinski definition) is 2. The van der Waals surface area contributed by atoms with Crippen LogP contribution in [0.2, 0.25) is 0 Å². The lowest BCUT2D eigenvalue weighted by atomic mass is 10.3. The van der Waals surface area contributed by atoms with E-state index in [0.29, 0.717) is 0 Å². The van der Waals surface area contributed by atoms with Gasteiger partial charge in [-0.2, -0.15) is 8.42 Å². The van der Waals surface area contributed by atoms with Crippen LogP contribution in [0.1, 0.15) is 40.0 Å². The summed E-state index contributed by atoms with van der Waals surface area (Å²) in [6.07, 6.45) is 3.88. The molecule has 0 saturated carbocycles. The molecule has 0 aliphatic rings. The molecule has 0 heterocycles. The Kier molecular flexibility index (Phi) is 11.9. The second-order valence-corrected chi connectivity index (χ2v) is 4.19. The molecule has 0 unspecified atom stereocenters. The van der Waals surface area contributed by atoms with Crippen molar-refractivity contribution >= 4 is 10.4 Å². The fourth-order valence-corrected chi connectivity index (χ4v) is 1.28. The van der Waals surface area contributed by atoms with E-state index in [1.807, 2.05) is 0 Å². The van der Waals surface area contributed by atoms with Gasteiger partial charge in [0, 0.05) is 0 Å². The average molecular weight is 241 g/mol. The van der Waals surface area contributed by atoms with Crippen molar-refractivity contribution in [2.75, 3.05) is 19.6 Å². The van der Waals surface area contributed by atoms with Crippen LogP contribution in [0.5, 0.6) is 0 Å². The van der Waals surface area contributed by atoms with E-state index in [0.717, 1.165) is 0 Å². The first-order chi connectivity index (χ1) is 6.85. The van der Waals surface area contributed by atoms with Gasteiger partial charge in [0.1, 0.15) is 0 Å². The zero-order valence-electron chi connectivity index (χ0n) is 9.81. The predicted octanol–water partition coefficient (Wildman–Crippen LogP) is 1.87. The maximum atomic E-state index is 8.74. The highest BCUT2D eigenvalue weighted by molar-refractivity contribution is 7.79. The lowest BCUT2D eigenvalue weighted by molar-refractivity contribution is 0.275. The fourth-order valence-electron chi connectivity index (χ4n) is 1.28. The van der Waals surface area contributed by atoms with E-state index in [2.05, 4.69) is 25.7 Å². The normalized spacial score (nSPS) is 11.1. The standard InChI is InChI=1S/C9H21N.H2O4S/c1-4-7-10(8-5-2)9-6-3;1-5(2,3)4/h4-9H2,1-3H3;(H2,1,2,3,4). The van der Waals surface area contributed by atoms with E-state index >= 15 is 0 Å². The molecule has 0 radical (unpaired) electrons. The third kappa shape index (κ3) is 24.8. The lowest BCUT2D eigenvalue weighted by Gasteiger charge is -2.19. The van der Waals surface area contributed by atoms with Crippen LogP contribution in [0.4, 0.5) is 0 Å². The first-order valence-corrected chi connectivity index (χ1v) is 6.67. The summed E-state index contributed by atoms with van der Waals surface area (Å²) in [4.78, 5) is 2.54. The van der Waals surface area contributed by atoms with Gasteiger partial charge < -0.3 is 4.90 Å². The molecule has 0 aromatic rings. The van der Waals surface area contributed by atoms with Gasteiger partial charge in [-0.05, 0) is 38.9 Å². The van der Waals surface area contributed by atoms with Crippen molar-refractivity contribution in [2.45, 2.75) is 40.0 Å². The summed E-state index contributed by atoms with van der Waals surface area (Å²) in [7, 11) is -4.67. The summed E-state index contributed by atoms with van der Waals surface area (Å²) in [6, 6.07) is 0. The summed E-state index contributed by atoms with van der Waals surface area (Å²) in [5.74, 6) is 0. The lowest BCUT2D eigenvalue weighted by Crippen LogP contribution is -2.25. The van der Waals surface area contributed by atoms with E-state index in [9.17, 15) is 0 Å². The Morgan fingerprint density at radius 1 is 0.867 bits per heavy atom. The molecule has 0 aromatic heterocycles. The summed E-state index contributed by atoms with van der Waals surface area (Å²) >= 11 is 0. The van der Waals surface area contributed by atoms with Gasteiger partial charge in [-0.15, -0.1) is 0 Å². The van der Waals surface area contributed by atoms with E-state index in [4.69, 9.17) is 17.5 Å². The van der Waals surface area contributed by atoms with Crippen LogP contribution in [0, 0.1) is 0 Å². The Bertz CT molecular complexity index is 194. The van der Waals surface area contributed by atoms with Crippen molar-refractivity contribution in [1.82, 2.24) is 4.90 Å². The maximum Gasteiger partial charge on any atom is 0.394 e. The van der Waals surface area contributed by atoms with Crippen LogP contribution in [0.3, 0.4) is 0 Å². The summed E-state index contributed by atoms with van der Waals surface area (Å²) in [6.45, 7) is 10.6. The molecule has 0 atom stereocenters. The third-order valence-corrected chi connectivity index (χ3v) is 1.62. The van der Waals surface area contributed by atoms with E-state index < -0.39 is 10.4 Å². The topological polar surface area (TPSA) is 77.8 Å². The van der Waals surface area contributed by atoms with Crippen LogP contribution in [-0.2, 0) is 10.4 Å². The van der Waals surface area contributed by atoms with Crippen LogP contribution >= 0.6 is 0 Å².